The van der Waals surface area contributed by atoms with Crippen molar-refractivity contribution in [2.24, 2.45) is 0 Å². The minimum Gasteiger partial charge on any atom is -0.481 e. The summed E-state index contributed by atoms with van der Waals surface area (Å²) in [6.07, 6.45) is 0. The van der Waals surface area contributed by atoms with E-state index in [2.05, 4.69) is 13.2 Å². The molecule has 0 spiro atoms. The molecule has 0 aliphatic heterocycles. The predicted octanol–water partition coefficient (Wildman–Crippen LogP) is 0.892. The zero-order chi connectivity index (χ0) is 8.28. The maximum Gasteiger partial charge on any atom is 0.300 e. The maximum absolute atomic E-state index is 9.00. The second kappa shape index (κ2) is 27.2. The summed E-state index contributed by atoms with van der Waals surface area (Å²) in [5, 5.41) is 15.0. The van der Waals surface area contributed by atoms with Crippen molar-refractivity contribution in [3.63, 3.8) is 0 Å². The van der Waals surface area contributed by atoms with Gasteiger partial charge in [0.1, 0.15) is 0 Å². The first-order valence-electron chi connectivity index (χ1n) is 2.45. The molecule has 0 saturated heterocycles. The molecule has 0 amide bonds. The van der Waals surface area contributed by atoms with Crippen LogP contribution in [-0.2, 0) is 4.79 Å². The first kappa shape index (κ1) is 15.7. The Morgan fingerprint density at radius 3 is 1.56 bits per heavy atom. The third-order valence-electron chi connectivity index (χ3n) is 0. The van der Waals surface area contributed by atoms with Crippen LogP contribution in [-0.4, -0.2) is 22.8 Å². The lowest BCUT2D eigenvalue weighted by Crippen LogP contribution is -1.78. The van der Waals surface area contributed by atoms with E-state index in [1.165, 1.54) is 0 Å². The summed E-state index contributed by atoms with van der Waals surface area (Å²) in [6, 6.07) is 0. The van der Waals surface area contributed by atoms with Crippen LogP contribution in [0.25, 0.3) is 0 Å². The number of aliphatic hydroxyl groups is 1. The van der Waals surface area contributed by atoms with Crippen molar-refractivity contribution in [1.29, 1.82) is 0 Å². The third kappa shape index (κ3) is 278. The van der Waals surface area contributed by atoms with E-state index in [1.54, 1.807) is 6.92 Å². The largest absolute Gasteiger partial charge is 0.481 e. The molecule has 0 radical (unpaired) electrons. The highest BCUT2D eigenvalue weighted by atomic mass is 16.4. The molecule has 0 atom stereocenters. The van der Waals surface area contributed by atoms with Gasteiger partial charge in [-0.25, -0.2) is 0 Å². The minimum atomic E-state index is -0.833. The second-order valence-electron chi connectivity index (χ2n) is 0.835. The van der Waals surface area contributed by atoms with E-state index in [4.69, 9.17) is 15.0 Å². The Morgan fingerprint density at radius 2 is 1.56 bits per heavy atom. The molecule has 0 aromatic carbocycles. The van der Waals surface area contributed by atoms with Crippen molar-refractivity contribution in [2.75, 3.05) is 6.61 Å². The standard InChI is InChI=1S/C2H4O2.C2H6O.C2H4/c1-2(3)4;1-2-3;1-2/h1H3,(H,3,4);3H,2H2,1H3;1-2H2. The fourth-order valence-corrected chi connectivity index (χ4v) is 0. The van der Waals surface area contributed by atoms with Crippen LogP contribution in [0, 0.1) is 0 Å². The summed E-state index contributed by atoms with van der Waals surface area (Å²) in [7, 11) is 0. The van der Waals surface area contributed by atoms with Crippen molar-refractivity contribution in [3.8, 4) is 0 Å². The average molecular weight is 134 g/mol. The van der Waals surface area contributed by atoms with Crippen molar-refractivity contribution in [2.45, 2.75) is 13.8 Å². The molecule has 2 N–H and O–H groups in total. The van der Waals surface area contributed by atoms with Crippen molar-refractivity contribution in [3.05, 3.63) is 13.2 Å². The van der Waals surface area contributed by atoms with Gasteiger partial charge in [0.25, 0.3) is 5.97 Å². The minimum absolute atomic E-state index is 0.250. The number of carboxylic acid groups (broad SMARTS) is 1. The van der Waals surface area contributed by atoms with Crippen molar-refractivity contribution < 1.29 is 15.0 Å². The van der Waals surface area contributed by atoms with Crippen LogP contribution < -0.4 is 0 Å². The lowest BCUT2D eigenvalue weighted by molar-refractivity contribution is -0.134. The highest BCUT2D eigenvalue weighted by Gasteiger charge is 1.65. The summed E-state index contributed by atoms with van der Waals surface area (Å²) in [6.45, 7) is 9.01. The number of carbonyl (C=O) groups is 1. The molecule has 0 aliphatic rings. The molecule has 3 nitrogen and oxygen atoms in total. The van der Waals surface area contributed by atoms with Gasteiger partial charge in [-0.15, -0.1) is 13.2 Å². The van der Waals surface area contributed by atoms with Gasteiger partial charge in [0, 0.05) is 13.5 Å². The zero-order valence-electron chi connectivity index (χ0n) is 5.92. The maximum atomic E-state index is 9.00. The van der Waals surface area contributed by atoms with Gasteiger partial charge in [-0.2, -0.15) is 0 Å². The van der Waals surface area contributed by atoms with E-state index in [-0.39, 0.29) is 6.61 Å². The number of aliphatic carboxylic acids is 1. The third-order valence-corrected chi connectivity index (χ3v) is 0. The van der Waals surface area contributed by atoms with Gasteiger partial charge in [-0.1, -0.05) is 0 Å². The molecule has 56 valence electrons. The predicted molar refractivity (Wildman–Crippen MR) is 37.3 cm³/mol. The molecular weight excluding hydrogens is 120 g/mol. The first-order valence-corrected chi connectivity index (χ1v) is 2.45. The Balaban J connectivity index is -0.0000000646. The van der Waals surface area contributed by atoms with Crippen LogP contribution in [0.4, 0.5) is 0 Å². The van der Waals surface area contributed by atoms with Gasteiger partial charge in [-0.05, 0) is 6.92 Å². The first-order chi connectivity index (χ1) is 4.15. The molecule has 0 rings (SSSR count). The number of hydrogen-bond donors (Lipinski definition) is 2. The molecular formula is C6H14O3. The molecule has 0 aromatic heterocycles. The number of carboxylic acids is 1. The van der Waals surface area contributed by atoms with E-state index in [9.17, 15) is 0 Å². The van der Waals surface area contributed by atoms with Crippen LogP contribution in [0.2, 0.25) is 0 Å². The Kier molecular flexibility index (Phi) is 47.4. The van der Waals surface area contributed by atoms with E-state index in [0.717, 1.165) is 6.92 Å². The highest BCUT2D eigenvalue weighted by Crippen LogP contribution is 1.42. The molecule has 0 aromatic rings. The Bertz CT molecular complexity index is 48.3. The van der Waals surface area contributed by atoms with Gasteiger partial charge in [-0.3, -0.25) is 4.79 Å². The Morgan fingerprint density at radius 1 is 1.56 bits per heavy atom. The quantitative estimate of drug-likeness (QED) is 0.484. The lowest BCUT2D eigenvalue weighted by Gasteiger charge is -1.59. The molecule has 0 saturated carbocycles. The Labute approximate surface area is 55.6 Å². The Hall–Kier alpha value is -0.830. The van der Waals surface area contributed by atoms with Crippen LogP contribution >= 0.6 is 0 Å². The summed E-state index contributed by atoms with van der Waals surface area (Å²) < 4.78 is 0. The topological polar surface area (TPSA) is 57.5 Å². The van der Waals surface area contributed by atoms with Crippen molar-refractivity contribution in [1.82, 2.24) is 0 Å². The second-order valence-corrected chi connectivity index (χ2v) is 0.835. The van der Waals surface area contributed by atoms with Crippen molar-refractivity contribution >= 4 is 5.97 Å². The molecule has 0 aliphatic carbocycles. The summed E-state index contributed by atoms with van der Waals surface area (Å²) >= 11 is 0. The molecule has 0 unspecified atom stereocenters. The summed E-state index contributed by atoms with van der Waals surface area (Å²) in [5.41, 5.74) is 0. The molecule has 0 heterocycles. The fourth-order valence-electron chi connectivity index (χ4n) is 0. The van der Waals surface area contributed by atoms with E-state index >= 15 is 0 Å². The number of hydrogen-bond acceptors (Lipinski definition) is 2. The summed E-state index contributed by atoms with van der Waals surface area (Å²) in [4.78, 5) is 9.00. The van der Waals surface area contributed by atoms with E-state index in [0.29, 0.717) is 0 Å². The van der Waals surface area contributed by atoms with Gasteiger partial charge in [0.15, 0.2) is 0 Å². The normalized spacial score (nSPS) is 5.22. The fraction of sp³-hybridized carbons (Fsp3) is 0.500. The molecule has 3 heteroatoms. The van der Waals surface area contributed by atoms with Gasteiger partial charge in [0.2, 0.25) is 0 Å². The molecule has 0 bridgehead atoms. The SMILES string of the molecule is C=C.CC(=O)O.CCO. The van der Waals surface area contributed by atoms with Crippen LogP contribution in [0.1, 0.15) is 13.8 Å². The number of rotatable bonds is 0. The monoisotopic (exact) mass is 134 g/mol. The molecule has 9 heavy (non-hydrogen) atoms. The van der Waals surface area contributed by atoms with Crippen LogP contribution in [0.15, 0.2) is 13.2 Å². The summed E-state index contributed by atoms with van der Waals surface area (Å²) in [5.74, 6) is -0.833. The van der Waals surface area contributed by atoms with Gasteiger partial charge < -0.3 is 10.2 Å². The van der Waals surface area contributed by atoms with Crippen LogP contribution in [0.5, 0.6) is 0 Å². The lowest BCUT2D eigenvalue weighted by atomic mass is 10.9. The van der Waals surface area contributed by atoms with Gasteiger partial charge >= 0.3 is 0 Å². The average Bonchev–Trinajstić information content (AvgIpc) is 1.71. The smallest absolute Gasteiger partial charge is 0.300 e. The van der Waals surface area contributed by atoms with E-state index in [1.807, 2.05) is 0 Å². The molecule has 0 fully saturated rings. The van der Waals surface area contributed by atoms with E-state index < -0.39 is 5.97 Å². The van der Waals surface area contributed by atoms with Crippen LogP contribution in [0.3, 0.4) is 0 Å². The zero-order valence-corrected chi connectivity index (χ0v) is 5.92. The van der Waals surface area contributed by atoms with Gasteiger partial charge in [0.05, 0.1) is 0 Å². The highest BCUT2D eigenvalue weighted by molar-refractivity contribution is 5.62. The number of aliphatic hydroxyl groups excluding tert-OH is 1.